The van der Waals surface area contributed by atoms with Crippen LogP contribution in [0, 0.1) is 5.92 Å². The van der Waals surface area contributed by atoms with Crippen molar-refractivity contribution in [3.05, 3.63) is 11.6 Å². The molecule has 2 atom stereocenters. The maximum absolute atomic E-state index is 11.8. The summed E-state index contributed by atoms with van der Waals surface area (Å²) in [5, 5.41) is 10.1. The number of unbranched alkanes of at least 4 members (excludes halogenated alkanes) is 2. The normalized spacial score (nSPS) is 23.9. The van der Waals surface area contributed by atoms with Crippen molar-refractivity contribution >= 4 is 5.97 Å². The van der Waals surface area contributed by atoms with E-state index in [0.29, 0.717) is 6.42 Å². The van der Waals surface area contributed by atoms with Crippen molar-refractivity contribution in [2.75, 3.05) is 0 Å². The van der Waals surface area contributed by atoms with Gasteiger partial charge in [-0.1, -0.05) is 25.8 Å². The molecule has 0 aliphatic heterocycles. The standard InChI is InChI=1S/C16H28O3/c1-5-6-7-8-15(17)19-14-11-13(16(3,4)18)10-9-12(14)2/h9,13-14,18H,5-8,10-11H2,1-4H3/t13?,14-/m0/s1. The second-order valence-electron chi connectivity index (χ2n) is 6.21. The maximum Gasteiger partial charge on any atom is 0.306 e. The Hall–Kier alpha value is -0.830. The fraction of sp³-hybridized carbons (Fsp3) is 0.812. The monoisotopic (exact) mass is 268 g/mol. The van der Waals surface area contributed by atoms with Crippen molar-refractivity contribution in [3.8, 4) is 0 Å². The number of esters is 1. The predicted molar refractivity (Wildman–Crippen MR) is 76.8 cm³/mol. The Morgan fingerprint density at radius 3 is 2.74 bits per heavy atom. The average Bonchev–Trinajstić information content (AvgIpc) is 2.31. The second-order valence-corrected chi connectivity index (χ2v) is 6.21. The van der Waals surface area contributed by atoms with Gasteiger partial charge in [0.25, 0.3) is 0 Å². The highest BCUT2D eigenvalue weighted by Gasteiger charge is 2.33. The summed E-state index contributed by atoms with van der Waals surface area (Å²) in [6.07, 6.45) is 7.11. The number of hydrogen-bond acceptors (Lipinski definition) is 3. The molecule has 0 heterocycles. The number of carbonyl (C=O) groups is 1. The molecular weight excluding hydrogens is 240 g/mol. The van der Waals surface area contributed by atoms with E-state index in [1.165, 1.54) is 0 Å². The first kappa shape index (κ1) is 16.2. The van der Waals surface area contributed by atoms with Crippen molar-refractivity contribution in [2.45, 2.75) is 77.9 Å². The number of rotatable bonds is 6. The number of hydrogen-bond donors (Lipinski definition) is 1. The fourth-order valence-corrected chi connectivity index (χ4v) is 2.45. The van der Waals surface area contributed by atoms with Crippen LogP contribution >= 0.6 is 0 Å². The summed E-state index contributed by atoms with van der Waals surface area (Å²) in [6.45, 7) is 7.77. The lowest BCUT2D eigenvalue weighted by molar-refractivity contribution is -0.149. The van der Waals surface area contributed by atoms with Crippen LogP contribution < -0.4 is 0 Å². The van der Waals surface area contributed by atoms with E-state index in [1.54, 1.807) is 0 Å². The summed E-state index contributed by atoms with van der Waals surface area (Å²) >= 11 is 0. The van der Waals surface area contributed by atoms with Crippen LogP contribution in [-0.2, 0) is 9.53 Å². The van der Waals surface area contributed by atoms with Gasteiger partial charge in [-0.05, 0) is 51.5 Å². The molecule has 110 valence electrons. The minimum absolute atomic E-state index is 0.109. The van der Waals surface area contributed by atoms with Crippen molar-refractivity contribution < 1.29 is 14.6 Å². The highest BCUT2D eigenvalue weighted by Crippen LogP contribution is 2.33. The minimum atomic E-state index is -0.718. The van der Waals surface area contributed by atoms with Gasteiger partial charge in [0.05, 0.1) is 5.60 Å². The molecule has 1 unspecified atom stereocenters. The van der Waals surface area contributed by atoms with E-state index in [2.05, 4.69) is 13.0 Å². The van der Waals surface area contributed by atoms with Gasteiger partial charge in [0.2, 0.25) is 0 Å². The summed E-state index contributed by atoms with van der Waals surface area (Å²) in [4.78, 5) is 11.8. The molecule has 1 aliphatic carbocycles. The van der Waals surface area contributed by atoms with Crippen molar-refractivity contribution in [1.82, 2.24) is 0 Å². The van der Waals surface area contributed by atoms with Crippen molar-refractivity contribution in [3.63, 3.8) is 0 Å². The van der Waals surface area contributed by atoms with Gasteiger partial charge in [0, 0.05) is 6.42 Å². The van der Waals surface area contributed by atoms with E-state index < -0.39 is 5.60 Å². The molecule has 0 aromatic carbocycles. The van der Waals surface area contributed by atoms with Gasteiger partial charge in [0.15, 0.2) is 0 Å². The zero-order valence-corrected chi connectivity index (χ0v) is 12.7. The molecule has 3 nitrogen and oxygen atoms in total. The molecule has 0 saturated carbocycles. The zero-order valence-electron chi connectivity index (χ0n) is 12.7. The first-order chi connectivity index (χ1) is 8.84. The largest absolute Gasteiger partial charge is 0.458 e. The molecule has 0 aromatic rings. The molecule has 0 saturated heterocycles. The molecule has 0 aromatic heterocycles. The van der Waals surface area contributed by atoms with Crippen molar-refractivity contribution in [1.29, 1.82) is 0 Å². The molecule has 0 bridgehead atoms. The van der Waals surface area contributed by atoms with E-state index in [4.69, 9.17) is 4.74 Å². The number of aliphatic hydroxyl groups is 1. The molecule has 1 N–H and O–H groups in total. The molecule has 1 rings (SSSR count). The third kappa shape index (κ3) is 5.35. The van der Waals surface area contributed by atoms with Gasteiger partial charge >= 0.3 is 5.97 Å². The van der Waals surface area contributed by atoms with Crippen LogP contribution in [0.5, 0.6) is 0 Å². The topological polar surface area (TPSA) is 46.5 Å². The first-order valence-electron chi connectivity index (χ1n) is 7.43. The summed E-state index contributed by atoms with van der Waals surface area (Å²) in [5.74, 6) is 0.0484. The van der Waals surface area contributed by atoms with E-state index in [9.17, 15) is 9.90 Å². The Morgan fingerprint density at radius 2 is 2.16 bits per heavy atom. The second kappa shape index (κ2) is 7.09. The van der Waals surface area contributed by atoms with Crippen LogP contribution in [0.1, 0.15) is 66.2 Å². The van der Waals surface area contributed by atoms with E-state index >= 15 is 0 Å². The summed E-state index contributed by atoms with van der Waals surface area (Å²) < 4.78 is 5.56. The van der Waals surface area contributed by atoms with Crippen LogP contribution in [-0.4, -0.2) is 22.8 Å². The predicted octanol–water partition coefficient (Wildman–Crippen LogP) is 3.61. The Morgan fingerprint density at radius 1 is 1.47 bits per heavy atom. The van der Waals surface area contributed by atoms with E-state index in [1.807, 2.05) is 20.8 Å². The van der Waals surface area contributed by atoms with Gasteiger partial charge < -0.3 is 9.84 Å². The Kier molecular flexibility index (Phi) is 6.05. The zero-order chi connectivity index (χ0) is 14.5. The van der Waals surface area contributed by atoms with Crippen LogP contribution in [0.2, 0.25) is 0 Å². The third-order valence-electron chi connectivity index (χ3n) is 3.99. The smallest absolute Gasteiger partial charge is 0.306 e. The van der Waals surface area contributed by atoms with Crippen LogP contribution in [0.15, 0.2) is 11.6 Å². The average molecular weight is 268 g/mol. The fourth-order valence-electron chi connectivity index (χ4n) is 2.45. The SMILES string of the molecule is CCCCCC(=O)O[C@H]1CC(C(C)(C)O)CC=C1C. The molecule has 1 aliphatic rings. The molecule has 19 heavy (non-hydrogen) atoms. The molecule has 3 heteroatoms. The van der Waals surface area contributed by atoms with Gasteiger partial charge in [-0.2, -0.15) is 0 Å². The lowest BCUT2D eigenvalue weighted by Crippen LogP contribution is -2.37. The van der Waals surface area contributed by atoms with Gasteiger partial charge in [-0.25, -0.2) is 0 Å². The van der Waals surface area contributed by atoms with Gasteiger partial charge in [-0.3, -0.25) is 4.79 Å². The molecule has 0 amide bonds. The number of carbonyl (C=O) groups excluding carboxylic acids is 1. The summed E-state index contributed by atoms with van der Waals surface area (Å²) in [6, 6.07) is 0. The highest BCUT2D eigenvalue weighted by atomic mass is 16.5. The Labute approximate surface area is 117 Å². The van der Waals surface area contributed by atoms with Crippen LogP contribution in [0.25, 0.3) is 0 Å². The van der Waals surface area contributed by atoms with Gasteiger partial charge in [-0.15, -0.1) is 0 Å². The maximum atomic E-state index is 11.8. The number of ether oxygens (including phenoxy) is 1. The van der Waals surface area contributed by atoms with Crippen molar-refractivity contribution in [2.24, 2.45) is 5.92 Å². The third-order valence-corrected chi connectivity index (χ3v) is 3.99. The minimum Gasteiger partial charge on any atom is -0.458 e. The molecule has 0 radical (unpaired) electrons. The highest BCUT2D eigenvalue weighted by molar-refractivity contribution is 5.69. The molecule has 0 spiro atoms. The van der Waals surface area contributed by atoms with E-state index in [-0.39, 0.29) is 18.0 Å². The van der Waals surface area contributed by atoms with E-state index in [0.717, 1.165) is 37.7 Å². The molecular formula is C16H28O3. The number of allylic oxidation sites excluding steroid dienone is 1. The summed E-state index contributed by atoms with van der Waals surface area (Å²) in [5.41, 5.74) is 0.397. The molecule has 0 fully saturated rings. The summed E-state index contributed by atoms with van der Waals surface area (Å²) in [7, 11) is 0. The lowest BCUT2D eigenvalue weighted by Gasteiger charge is -2.35. The van der Waals surface area contributed by atoms with Gasteiger partial charge in [0.1, 0.15) is 6.10 Å². The quantitative estimate of drug-likeness (QED) is 0.455. The van der Waals surface area contributed by atoms with Crippen LogP contribution in [0.3, 0.4) is 0 Å². The van der Waals surface area contributed by atoms with Crippen LogP contribution in [0.4, 0.5) is 0 Å². The first-order valence-corrected chi connectivity index (χ1v) is 7.43. The lowest BCUT2D eigenvalue weighted by atomic mass is 9.78. The Bertz CT molecular complexity index is 325. The Balaban J connectivity index is 2.50.